The summed E-state index contributed by atoms with van der Waals surface area (Å²) in [7, 11) is 0. The van der Waals surface area contributed by atoms with Crippen molar-refractivity contribution in [2.24, 2.45) is 0 Å². The number of carbonyl (C=O) groups excluding carboxylic acids is 1. The first-order valence-corrected chi connectivity index (χ1v) is 6.71. The minimum atomic E-state index is -1.07. The van der Waals surface area contributed by atoms with Crippen LogP contribution in [0.3, 0.4) is 0 Å². The van der Waals surface area contributed by atoms with Gasteiger partial charge in [-0.2, -0.15) is 5.10 Å². The first-order valence-electron chi connectivity index (χ1n) is 5.92. The van der Waals surface area contributed by atoms with Crippen molar-refractivity contribution in [3.8, 4) is 0 Å². The number of aromatic nitrogens is 2. The molecule has 2 rings (SSSR count). The quantitative estimate of drug-likeness (QED) is 0.882. The highest BCUT2D eigenvalue weighted by molar-refractivity contribution is 9.10. The zero-order valence-electron chi connectivity index (χ0n) is 10.9. The van der Waals surface area contributed by atoms with Gasteiger partial charge in [0.25, 0.3) is 5.91 Å². The molecule has 2 aromatic rings. The summed E-state index contributed by atoms with van der Waals surface area (Å²) in [5, 5.41) is 15.1. The molecule has 6 nitrogen and oxygen atoms in total. The lowest BCUT2D eigenvalue weighted by Crippen LogP contribution is -2.16. The van der Waals surface area contributed by atoms with E-state index in [2.05, 4.69) is 26.3 Å². The number of carboxylic acids is 1. The zero-order valence-corrected chi connectivity index (χ0v) is 12.5. The summed E-state index contributed by atoms with van der Waals surface area (Å²) in [5.41, 5.74) is 0.174. The summed E-state index contributed by atoms with van der Waals surface area (Å²) < 4.78 is 15.3. The van der Waals surface area contributed by atoms with E-state index in [1.54, 1.807) is 6.07 Å². The molecule has 0 bridgehead atoms. The van der Waals surface area contributed by atoms with Crippen molar-refractivity contribution in [1.29, 1.82) is 0 Å². The van der Waals surface area contributed by atoms with Gasteiger partial charge in [0, 0.05) is 10.7 Å². The lowest BCUT2D eigenvalue weighted by Gasteiger charge is -2.06. The van der Waals surface area contributed by atoms with E-state index in [1.165, 1.54) is 31.5 Å². The fourth-order valence-electron chi connectivity index (χ4n) is 1.57. The summed E-state index contributed by atoms with van der Waals surface area (Å²) in [5.74, 6) is -2.21. The van der Waals surface area contributed by atoms with Gasteiger partial charge in [-0.05, 0) is 25.1 Å². The molecule has 0 radical (unpaired) electrons. The highest BCUT2D eigenvalue weighted by Gasteiger charge is 2.17. The van der Waals surface area contributed by atoms with E-state index in [0.717, 1.165) is 4.68 Å². The normalized spacial score (nSPS) is 12.0. The Balaban J connectivity index is 2.15. The number of amides is 1. The molecule has 1 aromatic heterocycles. The van der Waals surface area contributed by atoms with Crippen molar-refractivity contribution in [2.75, 3.05) is 5.32 Å². The molecule has 1 aromatic carbocycles. The molecule has 0 saturated carbocycles. The Kier molecular flexibility index (Phi) is 4.37. The lowest BCUT2D eigenvalue weighted by atomic mass is 10.2. The molecule has 0 spiro atoms. The second-order valence-electron chi connectivity index (χ2n) is 4.30. The molecule has 21 heavy (non-hydrogen) atoms. The number of hydrogen-bond donors (Lipinski definition) is 2. The van der Waals surface area contributed by atoms with Gasteiger partial charge >= 0.3 is 5.97 Å². The first-order chi connectivity index (χ1) is 9.88. The van der Waals surface area contributed by atoms with Crippen LogP contribution in [0.4, 0.5) is 10.1 Å². The van der Waals surface area contributed by atoms with Gasteiger partial charge < -0.3 is 10.4 Å². The molecule has 1 heterocycles. The van der Waals surface area contributed by atoms with Crippen molar-refractivity contribution in [2.45, 2.75) is 13.0 Å². The topological polar surface area (TPSA) is 84.2 Å². The van der Waals surface area contributed by atoms with Crippen LogP contribution >= 0.6 is 15.9 Å². The highest BCUT2D eigenvalue weighted by Crippen LogP contribution is 2.20. The molecule has 8 heteroatoms. The predicted octanol–water partition coefficient (Wildman–Crippen LogP) is 2.68. The molecule has 110 valence electrons. The van der Waals surface area contributed by atoms with E-state index in [9.17, 15) is 14.0 Å². The van der Waals surface area contributed by atoms with Crippen LogP contribution < -0.4 is 5.32 Å². The van der Waals surface area contributed by atoms with E-state index >= 15 is 0 Å². The first kappa shape index (κ1) is 15.2. The van der Waals surface area contributed by atoms with Crippen molar-refractivity contribution in [3.05, 3.63) is 46.4 Å². The maximum atomic E-state index is 13.6. The Labute approximate surface area is 127 Å². The van der Waals surface area contributed by atoms with E-state index in [0.29, 0.717) is 4.47 Å². The Morgan fingerprint density at radius 3 is 2.81 bits per heavy atom. The van der Waals surface area contributed by atoms with Gasteiger partial charge in [-0.15, -0.1) is 0 Å². The van der Waals surface area contributed by atoms with Crippen LogP contribution in [0.2, 0.25) is 0 Å². The molecule has 0 fully saturated rings. The number of hydrogen-bond acceptors (Lipinski definition) is 3. The minimum absolute atomic E-state index is 0.0298. The summed E-state index contributed by atoms with van der Waals surface area (Å²) in [6, 6.07) is 3.35. The van der Waals surface area contributed by atoms with Crippen LogP contribution in [-0.4, -0.2) is 26.8 Å². The zero-order chi connectivity index (χ0) is 15.6. The molecule has 2 N–H and O–H groups in total. The Bertz CT molecular complexity index is 702. The average molecular weight is 356 g/mol. The van der Waals surface area contributed by atoms with Crippen LogP contribution in [0.15, 0.2) is 35.1 Å². The van der Waals surface area contributed by atoms with Crippen LogP contribution in [0.5, 0.6) is 0 Å². The number of nitrogens with one attached hydrogen (secondary N) is 1. The van der Waals surface area contributed by atoms with Gasteiger partial charge in [-0.3, -0.25) is 9.48 Å². The largest absolute Gasteiger partial charge is 0.480 e. The third-order valence-electron chi connectivity index (χ3n) is 2.80. The number of anilines is 1. The van der Waals surface area contributed by atoms with Gasteiger partial charge in [0.15, 0.2) is 0 Å². The summed E-state index contributed by atoms with van der Waals surface area (Å²) in [6.45, 7) is 1.44. The summed E-state index contributed by atoms with van der Waals surface area (Å²) in [4.78, 5) is 22.8. The Morgan fingerprint density at radius 1 is 1.48 bits per heavy atom. The number of carbonyl (C=O) groups is 2. The summed E-state index contributed by atoms with van der Waals surface area (Å²) in [6.07, 6.45) is 2.52. The number of carboxylic acid groups (broad SMARTS) is 1. The van der Waals surface area contributed by atoms with Crippen molar-refractivity contribution < 1.29 is 19.1 Å². The van der Waals surface area contributed by atoms with E-state index in [1.807, 2.05) is 0 Å². The number of nitrogens with zero attached hydrogens (tertiary/aromatic N) is 2. The smallest absolute Gasteiger partial charge is 0.328 e. The van der Waals surface area contributed by atoms with E-state index in [4.69, 9.17) is 5.11 Å². The second-order valence-corrected chi connectivity index (χ2v) is 5.22. The third-order valence-corrected chi connectivity index (χ3v) is 3.29. The average Bonchev–Trinajstić information content (AvgIpc) is 2.90. The van der Waals surface area contributed by atoms with Gasteiger partial charge in [0.05, 0.1) is 17.4 Å². The molecule has 0 aliphatic rings. The predicted molar refractivity (Wildman–Crippen MR) is 76.6 cm³/mol. The number of rotatable bonds is 4. The fourth-order valence-corrected chi connectivity index (χ4v) is 1.90. The molecule has 0 aliphatic heterocycles. The molecule has 1 amide bonds. The van der Waals surface area contributed by atoms with Gasteiger partial charge in [-0.25, -0.2) is 9.18 Å². The van der Waals surface area contributed by atoms with Crippen molar-refractivity contribution in [3.63, 3.8) is 0 Å². The summed E-state index contributed by atoms with van der Waals surface area (Å²) >= 11 is 3.12. The lowest BCUT2D eigenvalue weighted by molar-refractivity contribution is -0.140. The molecule has 1 atom stereocenters. The maximum absolute atomic E-state index is 13.6. The SMILES string of the molecule is CC(C(=O)O)n1cc(C(=O)Nc2ccc(Br)cc2F)cn1. The second kappa shape index (κ2) is 6.04. The van der Waals surface area contributed by atoms with Gasteiger partial charge in [-0.1, -0.05) is 15.9 Å². The minimum Gasteiger partial charge on any atom is -0.480 e. The molecule has 0 saturated heterocycles. The van der Waals surface area contributed by atoms with Crippen molar-refractivity contribution >= 4 is 33.5 Å². The highest BCUT2D eigenvalue weighted by atomic mass is 79.9. The van der Waals surface area contributed by atoms with Gasteiger partial charge in [0.2, 0.25) is 0 Å². The van der Waals surface area contributed by atoms with Crippen LogP contribution in [0, 0.1) is 5.82 Å². The Hall–Kier alpha value is -2.22. The Morgan fingerprint density at radius 2 is 2.19 bits per heavy atom. The number of benzene rings is 1. The third kappa shape index (κ3) is 3.46. The fraction of sp³-hybridized carbons (Fsp3) is 0.154. The van der Waals surface area contributed by atoms with Crippen molar-refractivity contribution in [1.82, 2.24) is 9.78 Å². The molecule has 0 aliphatic carbocycles. The number of halogens is 2. The number of aliphatic carboxylic acids is 1. The van der Waals surface area contributed by atoms with Crippen LogP contribution in [0.1, 0.15) is 23.3 Å². The van der Waals surface area contributed by atoms with Crippen LogP contribution in [0.25, 0.3) is 0 Å². The van der Waals surface area contributed by atoms with E-state index < -0.39 is 23.7 Å². The monoisotopic (exact) mass is 355 g/mol. The maximum Gasteiger partial charge on any atom is 0.328 e. The van der Waals surface area contributed by atoms with Gasteiger partial charge in [0.1, 0.15) is 11.9 Å². The standard InChI is InChI=1S/C13H11BrFN3O3/c1-7(13(20)21)18-6-8(5-16-18)12(19)17-11-3-2-9(14)4-10(11)15/h2-7H,1H3,(H,17,19)(H,20,21). The van der Waals surface area contributed by atoms with E-state index in [-0.39, 0.29) is 11.3 Å². The molecule has 1 unspecified atom stereocenters. The molecular weight excluding hydrogens is 345 g/mol. The molecular formula is C13H11BrFN3O3. The van der Waals surface area contributed by atoms with Crippen LogP contribution in [-0.2, 0) is 4.79 Å².